The van der Waals surface area contributed by atoms with Crippen LogP contribution in [0.4, 0.5) is 0 Å². The molecule has 0 heterocycles. The second-order valence-corrected chi connectivity index (χ2v) is 3.21. The van der Waals surface area contributed by atoms with Crippen LogP contribution in [-0.4, -0.2) is 18.8 Å². The summed E-state index contributed by atoms with van der Waals surface area (Å²) in [6.45, 7) is 2.20. The average Bonchev–Trinajstić information content (AvgIpc) is 2.23. The first-order valence-corrected chi connectivity index (χ1v) is 4.64. The molecule has 1 atom stereocenters. The van der Waals surface area contributed by atoms with Gasteiger partial charge in [0.25, 0.3) is 0 Å². The Bertz CT molecular complexity index is 233. The molecule has 0 aliphatic heterocycles. The van der Waals surface area contributed by atoms with Crippen molar-refractivity contribution in [2.24, 2.45) is 0 Å². The summed E-state index contributed by atoms with van der Waals surface area (Å²) in [5.41, 5.74) is 0.865. The Labute approximate surface area is 79.6 Å². The molecule has 0 aliphatic carbocycles. The van der Waals surface area contributed by atoms with E-state index in [1.807, 2.05) is 37.4 Å². The Morgan fingerprint density at radius 1 is 1.31 bits per heavy atom. The molecule has 0 amide bonds. The first-order valence-electron chi connectivity index (χ1n) is 4.64. The molecule has 0 fully saturated rings. The quantitative estimate of drug-likeness (QED) is 0.734. The van der Waals surface area contributed by atoms with E-state index in [9.17, 15) is 5.11 Å². The number of aliphatic hydroxyl groups excluding tert-OH is 1. The molecular weight excluding hydrogens is 162 g/mol. The topological polar surface area (TPSA) is 32.3 Å². The summed E-state index contributed by atoms with van der Waals surface area (Å²) in [4.78, 5) is 0. The molecule has 2 nitrogen and oxygen atoms in total. The monoisotopic (exact) mass is 179 g/mol. The van der Waals surface area contributed by atoms with Crippen LogP contribution >= 0.6 is 0 Å². The van der Waals surface area contributed by atoms with Gasteiger partial charge in [-0.25, -0.2) is 0 Å². The maximum atomic E-state index is 9.37. The third-order valence-corrected chi connectivity index (χ3v) is 2.68. The van der Waals surface area contributed by atoms with E-state index in [4.69, 9.17) is 0 Å². The minimum Gasteiger partial charge on any atom is -0.394 e. The van der Waals surface area contributed by atoms with Crippen molar-refractivity contribution in [2.75, 3.05) is 13.7 Å². The lowest BCUT2D eigenvalue weighted by molar-refractivity contribution is 0.164. The Morgan fingerprint density at radius 3 is 2.31 bits per heavy atom. The van der Waals surface area contributed by atoms with Crippen LogP contribution in [0.3, 0.4) is 0 Å². The zero-order chi connectivity index (χ0) is 9.73. The molecule has 2 heteroatoms. The van der Waals surface area contributed by atoms with E-state index in [1.165, 1.54) is 0 Å². The third-order valence-electron chi connectivity index (χ3n) is 2.68. The summed E-state index contributed by atoms with van der Waals surface area (Å²) in [6, 6.07) is 10.0. The Morgan fingerprint density at radius 2 is 1.92 bits per heavy atom. The van der Waals surface area contributed by atoms with Crippen molar-refractivity contribution in [3.8, 4) is 0 Å². The molecule has 0 aromatic heterocycles. The third kappa shape index (κ3) is 1.90. The predicted molar refractivity (Wildman–Crippen MR) is 54.6 cm³/mol. The van der Waals surface area contributed by atoms with Gasteiger partial charge in [-0.1, -0.05) is 37.3 Å². The highest BCUT2D eigenvalue weighted by Gasteiger charge is 2.26. The van der Waals surface area contributed by atoms with Gasteiger partial charge in [0.05, 0.1) is 12.1 Å². The van der Waals surface area contributed by atoms with Crippen LogP contribution in [0.2, 0.25) is 0 Å². The van der Waals surface area contributed by atoms with Gasteiger partial charge in [0.15, 0.2) is 0 Å². The highest BCUT2D eigenvalue weighted by molar-refractivity contribution is 5.24. The van der Waals surface area contributed by atoms with Gasteiger partial charge in [-0.2, -0.15) is 0 Å². The summed E-state index contributed by atoms with van der Waals surface area (Å²) >= 11 is 0. The largest absolute Gasteiger partial charge is 0.394 e. The Balaban J connectivity index is 3.01. The van der Waals surface area contributed by atoms with E-state index in [-0.39, 0.29) is 12.1 Å². The van der Waals surface area contributed by atoms with Crippen LogP contribution in [0.1, 0.15) is 18.9 Å². The number of rotatable bonds is 4. The molecule has 1 aromatic rings. The standard InChI is InChI=1S/C11H17NO/c1-3-11(9-13,12-2)10-7-5-4-6-8-10/h4-8,12-13H,3,9H2,1-2H3/t11-/m0/s1. The highest BCUT2D eigenvalue weighted by Crippen LogP contribution is 2.23. The van der Waals surface area contributed by atoms with Crippen molar-refractivity contribution in [1.82, 2.24) is 5.32 Å². The van der Waals surface area contributed by atoms with Gasteiger partial charge in [-0.15, -0.1) is 0 Å². The van der Waals surface area contributed by atoms with Crippen LogP contribution in [0.15, 0.2) is 30.3 Å². The molecule has 2 N–H and O–H groups in total. The fraction of sp³-hybridized carbons (Fsp3) is 0.455. The smallest absolute Gasteiger partial charge is 0.0664 e. The lowest BCUT2D eigenvalue weighted by Crippen LogP contribution is -2.42. The fourth-order valence-electron chi connectivity index (χ4n) is 1.56. The number of benzene rings is 1. The average molecular weight is 179 g/mol. The maximum absolute atomic E-state index is 9.37. The molecule has 72 valence electrons. The molecule has 1 aromatic carbocycles. The van der Waals surface area contributed by atoms with Crippen molar-refractivity contribution in [3.05, 3.63) is 35.9 Å². The summed E-state index contributed by atoms with van der Waals surface area (Å²) in [5, 5.41) is 12.5. The zero-order valence-electron chi connectivity index (χ0n) is 8.25. The van der Waals surface area contributed by atoms with E-state index in [2.05, 4.69) is 12.2 Å². The molecule has 0 aliphatic rings. The molecule has 1 rings (SSSR count). The first kappa shape index (κ1) is 10.2. The van der Waals surface area contributed by atoms with E-state index in [0.717, 1.165) is 12.0 Å². The maximum Gasteiger partial charge on any atom is 0.0664 e. The molecule has 0 spiro atoms. The number of hydrogen-bond acceptors (Lipinski definition) is 2. The minimum atomic E-state index is -0.277. The van der Waals surface area contributed by atoms with Crippen molar-refractivity contribution in [1.29, 1.82) is 0 Å². The van der Waals surface area contributed by atoms with Gasteiger partial charge in [0.2, 0.25) is 0 Å². The normalized spacial score (nSPS) is 15.3. The van der Waals surface area contributed by atoms with E-state index in [0.29, 0.717) is 0 Å². The summed E-state index contributed by atoms with van der Waals surface area (Å²) in [7, 11) is 1.88. The molecular formula is C11H17NO. The summed E-state index contributed by atoms with van der Waals surface area (Å²) in [5.74, 6) is 0. The van der Waals surface area contributed by atoms with Gasteiger partial charge >= 0.3 is 0 Å². The molecule has 13 heavy (non-hydrogen) atoms. The summed E-state index contributed by atoms with van der Waals surface area (Å²) < 4.78 is 0. The molecule has 0 bridgehead atoms. The number of nitrogens with one attached hydrogen (secondary N) is 1. The number of hydrogen-bond donors (Lipinski definition) is 2. The fourth-order valence-corrected chi connectivity index (χ4v) is 1.56. The van der Waals surface area contributed by atoms with Crippen LogP contribution in [-0.2, 0) is 5.54 Å². The van der Waals surface area contributed by atoms with Gasteiger partial charge in [0, 0.05) is 0 Å². The Hall–Kier alpha value is -0.860. The van der Waals surface area contributed by atoms with Gasteiger partial charge in [-0.05, 0) is 19.0 Å². The Kier molecular flexibility index (Phi) is 3.46. The van der Waals surface area contributed by atoms with Crippen LogP contribution in [0.25, 0.3) is 0 Å². The van der Waals surface area contributed by atoms with Crippen LogP contribution < -0.4 is 5.32 Å². The number of aliphatic hydroxyl groups is 1. The van der Waals surface area contributed by atoms with Crippen molar-refractivity contribution in [2.45, 2.75) is 18.9 Å². The minimum absolute atomic E-state index is 0.129. The van der Waals surface area contributed by atoms with Crippen LogP contribution in [0, 0.1) is 0 Å². The first-order chi connectivity index (χ1) is 6.29. The van der Waals surface area contributed by atoms with E-state index in [1.54, 1.807) is 0 Å². The lowest BCUT2D eigenvalue weighted by atomic mass is 9.88. The van der Waals surface area contributed by atoms with Gasteiger partial charge in [0.1, 0.15) is 0 Å². The van der Waals surface area contributed by atoms with E-state index >= 15 is 0 Å². The highest BCUT2D eigenvalue weighted by atomic mass is 16.3. The molecule has 0 radical (unpaired) electrons. The van der Waals surface area contributed by atoms with E-state index < -0.39 is 0 Å². The van der Waals surface area contributed by atoms with Gasteiger partial charge < -0.3 is 10.4 Å². The number of likely N-dealkylation sites (N-methyl/N-ethyl adjacent to an activating group) is 1. The molecule has 0 unspecified atom stereocenters. The SMILES string of the molecule is CC[C@@](CO)(NC)c1ccccc1. The summed E-state index contributed by atoms with van der Waals surface area (Å²) in [6.07, 6.45) is 0.879. The second-order valence-electron chi connectivity index (χ2n) is 3.21. The van der Waals surface area contributed by atoms with Crippen molar-refractivity contribution < 1.29 is 5.11 Å². The lowest BCUT2D eigenvalue weighted by Gasteiger charge is -2.30. The zero-order valence-corrected chi connectivity index (χ0v) is 8.25. The molecule has 0 saturated carbocycles. The van der Waals surface area contributed by atoms with Crippen LogP contribution in [0.5, 0.6) is 0 Å². The van der Waals surface area contributed by atoms with Crippen molar-refractivity contribution >= 4 is 0 Å². The predicted octanol–water partition coefficient (Wildman–Crippen LogP) is 1.50. The molecule has 0 saturated heterocycles. The second kappa shape index (κ2) is 4.40. The van der Waals surface area contributed by atoms with Gasteiger partial charge in [-0.3, -0.25) is 0 Å². The van der Waals surface area contributed by atoms with Crippen molar-refractivity contribution in [3.63, 3.8) is 0 Å².